The summed E-state index contributed by atoms with van der Waals surface area (Å²) < 4.78 is 6.43. The van der Waals surface area contributed by atoms with E-state index in [9.17, 15) is 19.8 Å². The van der Waals surface area contributed by atoms with Crippen LogP contribution in [0.2, 0.25) is 0 Å². The third kappa shape index (κ3) is 2.65. The molecule has 2 heterocycles. The third-order valence-corrected chi connectivity index (χ3v) is 3.49. The van der Waals surface area contributed by atoms with E-state index in [1.807, 2.05) is 4.98 Å². The number of nitrogens with zero attached hydrogens (tertiary/aromatic N) is 4. The summed E-state index contributed by atoms with van der Waals surface area (Å²) in [5.74, 6) is -0.890. The minimum atomic E-state index is -1.96. The monoisotopic (exact) mass is 329 g/mol. The summed E-state index contributed by atoms with van der Waals surface area (Å²) in [6.45, 7) is -0.806. The average molecular weight is 330 g/mol. The van der Waals surface area contributed by atoms with Crippen molar-refractivity contribution in [1.29, 1.82) is 0 Å². The molecule has 1 aromatic heterocycles. The summed E-state index contributed by atoms with van der Waals surface area (Å²) in [7, 11) is 0. The largest absolute Gasteiger partial charge is 0.393 e. The Labute approximate surface area is 127 Å². The van der Waals surface area contributed by atoms with Crippen molar-refractivity contribution in [3.8, 4) is 0 Å². The topological polar surface area (TPSA) is 153 Å². The van der Waals surface area contributed by atoms with Gasteiger partial charge in [0, 0.05) is 22.7 Å². The first-order valence-corrected chi connectivity index (χ1v) is 6.54. The lowest BCUT2D eigenvalue weighted by Crippen LogP contribution is -2.42. The molecule has 1 fully saturated rings. The number of hydrogen-bond donors (Lipinski definition) is 3. The van der Waals surface area contributed by atoms with Crippen molar-refractivity contribution >= 4 is 11.6 Å². The van der Waals surface area contributed by atoms with Crippen LogP contribution in [-0.4, -0.2) is 38.2 Å². The van der Waals surface area contributed by atoms with Crippen LogP contribution in [0.25, 0.3) is 10.4 Å². The van der Waals surface area contributed by atoms with Crippen LogP contribution in [0.3, 0.4) is 0 Å². The van der Waals surface area contributed by atoms with Crippen molar-refractivity contribution in [2.24, 2.45) is 11.0 Å². The molecule has 118 valence electrons. The van der Waals surface area contributed by atoms with Crippen molar-refractivity contribution in [2.45, 2.75) is 18.1 Å². The molecule has 10 nitrogen and oxygen atoms in total. The summed E-state index contributed by atoms with van der Waals surface area (Å²) >= 11 is 5.52. The van der Waals surface area contributed by atoms with Crippen LogP contribution >= 0.6 is 11.6 Å². The SMILES string of the molecule is [N-]=[N+]=N[C@]1(CO)O[C@@H](n2ccc(=O)[nH]c2=O)[C@H](C=CCl)[C@@H]1O. The Balaban J connectivity index is 2.56. The van der Waals surface area contributed by atoms with Crippen molar-refractivity contribution in [3.63, 3.8) is 0 Å². The highest BCUT2D eigenvalue weighted by molar-refractivity contribution is 6.25. The van der Waals surface area contributed by atoms with Crippen molar-refractivity contribution in [2.75, 3.05) is 6.61 Å². The van der Waals surface area contributed by atoms with Gasteiger partial charge in [-0.2, -0.15) is 0 Å². The van der Waals surface area contributed by atoms with Gasteiger partial charge >= 0.3 is 5.69 Å². The zero-order chi connectivity index (χ0) is 16.3. The Morgan fingerprint density at radius 2 is 2.36 bits per heavy atom. The number of nitrogens with one attached hydrogen (secondary N) is 1. The quantitative estimate of drug-likeness (QED) is 0.396. The van der Waals surface area contributed by atoms with Gasteiger partial charge in [-0.15, -0.1) is 0 Å². The molecule has 3 N–H and O–H groups in total. The standard InChI is InChI=1S/C11H12ClN5O5/c12-3-1-6-8(20)11(5-18,15-16-13)22-9(6)17-4-2-7(19)14-10(17)21/h1-4,6,8-9,18,20H,5H2,(H,14,19,21)/t6-,8+,9-,11-/m1/s1. The molecule has 0 aliphatic carbocycles. The van der Waals surface area contributed by atoms with Crippen LogP contribution in [0.4, 0.5) is 0 Å². The van der Waals surface area contributed by atoms with Crippen molar-refractivity contribution in [1.82, 2.24) is 9.55 Å². The zero-order valence-corrected chi connectivity index (χ0v) is 11.8. The van der Waals surface area contributed by atoms with Crippen LogP contribution in [-0.2, 0) is 4.74 Å². The molecule has 0 unspecified atom stereocenters. The number of ether oxygens (including phenoxy) is 1. The highest BCUT2D eigenvalue weighted by Gasteiger charge is 2.54. The van der Waals surface area contributed by atoms with Gasteiger partial charge in [0.25, 0.3) is 5.56 Å². The maximum atomic E-state index is 11.9. The Hall–Kier alpha value is -2.10. The molecule has 11 heteroatoms. The van der Waals surface area contributed by atoms with Gasteiger partial charge in [0.2, 0.25) is 0 Å². The number of H-pyrrole nitrogens is 1. The minimum absolute atomic E-state index is 0.604. The van der Waals surface area contributed by atoms with Crippen molar-refractivity contribution in [3.05, 3.63) is 55.2 Å². The first-order valence-electron chi connectivity index (χ1n) is 6.10. The molecule has 0 bridgehead atoms. The molecule has 1 saturated heterocycles. The molecule has 0 spiro atoms. The number of aliphatic hydroxyl groups excluding tert-OH is 2. The summed E-state index contributed by atoms with van der Waals surface area (Å²) in [5, 5.41) is 23.0. The van der Waals surface area contributed by atoms with Crippen LogP contribution < -0.4 is 11.2 Å². The first kappa shape index (κ1) is 16.3. The molecule has 2 rings (SSSR count). The van der Waals surface area contributed by atoms with E-state index in [-0.39, 0.29) is 0 Å². The van der Waals surface area contributed by atoms with Crippen molar-refractivity contribution < 1.29 is 14.9 Å². The molecular weight excluding hydrogens is 318 g/mol. The Kier molecular flexibility index (Phi) is 4.69. The van der Waals surface area contributed by atoms with E-state index < -0.39 is 41.8 Å². The molecule has 0 radical (unpaired) electrons. The molecular formula is C11H12ClN5O5. The second-order valence-electron chi connectivity index (χ2n) is 4.56. The Bertz CT molecular complexity index is 739. The molecule has 0 aromatic carbocycles. The van der Waals surface area contributed by atoms with E-state index in [4.69, 9.17) is 21.9 Å². The second kappa shape index (κ2) is 6.34. The highest BCUT2D eigenvalue weighted by atomic mass is 35.5. The smallest absolute Gasteiger partial charge is 0.330 e. The molecule has 1 aliphatic rings. The number of aromatic amines is 1. The number of rotatable bonds is 4. The summed E-state index contributed by atoms with van der Waals surface area (Å²) in [5.41, 5.74) is 6.35. The maximum absolute atomic E-state index is 11.9. The van der Waals surface area contributed by atoms with Crippen LogP contribution in [0, 0.1) is 5.92 Å². The number of azide groups is 1. The van der Waals surface area contributed by atoms with E-state index in [1.165, 1.54) is 6.08 Å². The van der Waals surface area contributed by atoms with Crippen LogP contribution in [0.1, 0.15) is 6.23 Å². The summed E-state index contributed by atoms with van der Waals surface area (Å²) in [6, 6.07) is 1.09. The molecule has 0 amide bonds. The third-order valence-electron chi connectivity index (χ3n) is 3.34. The van der Waals surface area contributed by atoms with Gasteiger partial charge in [-0.1, -0.05) is 22.8 Å². The number of halogens is 1. The van der Waals surface area contributed by atoms with E-state index in [0.29, 0.717) is 0 Å². The summed E-state index contributed by atoms with van der Waals surface area (Å²) in [4.78, 5) is 27.6. The predicted octanol–water partition coefficient (Wildman–Crippen LogP) is -0.206. The molecule has 4 atom stereocenters. The summed E-state index contributed by atoms with van der Waals surface area (Å²) in [6.07, 6.45) is -0.0881. The van der Waals surface area contributed by atoms with E-state index in [1.54, 1.807) is 0 Å². The number of hydrogen-bond acceptors (Lipinski definition) is 6. The van der Waals surface area contributed by atoms with Gasteiger partial charge in [0.15, 0.2) is 5.72 Å². The first-order chi connectivity index (χ1) is 10.5. The normalized spacial score (nSPS) is 31.3. The van der Waals surface area contributed by atoms with Gasteiger partial charge in [-0.05, 0) is 5.53 Å². The molecule has 22 heavy (non-hydrogen) atoms. The lowest BCUT2D eigenvalue weighted by atomic mass is 9.96. The molecule has 1 aromatic rings. The second-order valence-corrected chi connectivity index (χ2v) is 4.81. The number of aliphatic hydroxyl groups is 2. The highest BCUT2D eigenvalue weighted by Crippen LogP contribution is 2.42. The molecule has 0 saturated carbocycles. The maximum Gasteiger partial charge on any atom is 0.330 e. The fraction of sp³-hybridized carbons (Fsp3) is 0.455. The lowest BCUT2D eigenvalue weighted by molar-refractivity contribution is -0.124. The van der Waals surface area contributed by atoms with E-state index in [2.05, 4.69) is 10.0 Å². The fourth-order valence-electron chi connectivity index (χ4n) is 2.29. The Morgan fingerprint density at radius 3 is 2.91 bits per heavy atom. The number of aromatic nitrogens is 2. The van der Waals surface area contributed by atoms with Gasteiger partial charge < -0.3 is 14.9 Å². The van der Waals surface area contributed by atoms with Crippen LogP contribution in [0.5, 0.6) is 0 Å². The van der Waals surface area contributed by atoms with Gasteiger partial charge in [0.05, 0.1) is 12.5 Å². The molecule has 1 aliphatic heterocycles. The van der Waals surface area contributed by atoms with Crippen LogP contribution in [0.15, 0.2) is 38.6 Å². The van der Waals surface area contributed by atoms with Gasteiger partial charge in [-0.25, -0.2) is 4.79 Å². The van der Waals surface area contributed by atoms with Gasteiger partial charge in [-0.3, -0.25) is 14.3 Å². The fourth-order valence-corrected chi connectivity index (χ4v) is 2.46. The Morgan fingerprint density at radius 1 is 1.64 bits per heavy atom. The lowest BCUT2D eigenvalue weighted by Gasteiger charge is -2.24. The minimum Gasteiger partial charge on any atom is -0.393 e. The predicted molar refractivity (Wildman–Crippen MR) is 74.9 cm³/mol. The van der Waals surface area contributed by atoms with Gasteiger partial charge in [0.1, 0.15) is 12.3 Å². The average Bonchev–Trinajstić information content (AvgIpc) is 2.74. The van der Waals surface area contributed by atoms with E-state index >= 15 is 0 Å². The van der Waals surface area contributed by atoms with E-state index in [0.717, 1.165) is 22.4 Å². The zero-order valence-electron chi connectivity index (χ0n) is 11.0.